The number of nitrogens with zero attached hydrogens (tertiary/aromatic N) is 4. The Morgan fingerprint density at radius 3 is 2.47 bits per heavy atom. The van der Waals surface area contributed by atoms with Crippen molar-refractivity contribution in [2.45, 2.75) is 19.1 Å². The third kappa shape index (κ3) is 3.95. The predicted octanol–water partition coefficient (Wildman–Crippen LogP) is 3.73. The van der Waals surface area contributed by atoms with Crippen LogP contribution < -0.4 is 0 Å². The summed E-state index contributed by atoms with van der Waals surface area (Å²) in [5, 5.41) is 11.9. The summed E-state index contributed by atoms with van der Waals surface area (Å²) in [6, 6.07) is 20.3. The maximum absolute atomic E-state index is 10.7. The number of aliphatic hydroxyl groups is 1. The van der Waals surface area contributed by atoms with Gasteiger partial charge < -0.3 is 5.11 Å². The van der Waals surface area contributed by atoms with Crippen molar-refractivity contribution in [3.05, 3.63) is 90.4 Å². The van der Waals surface area contributed by atoms with Crippen molar-refractivity contribution in [1.82, 2.24) is 19.9 Å². The molecule has 4 aromatic rings. The Kier molecular flexibility index (Phi) is 5.22. The van der Waals surface area contributed by atoms with Gasteiger partial charge in [-0.3, -0.25) is 9.88 Å². The third-order valence-electron chi connectivity index (χ3n) is 5.85. The molecule has 5 heteroatoms. The van der Waals surface area contributed by atoms with Crippen molar-refractivity contribution in [1.29, 1.82) is 0 Å². The van der Waals surface area contributed by atoms with Gasteiger partial charge in [-0.25, -0.2) is 9.97 Å². The van der Waals surface area contributed by atoms with E-state index in [1.54, 1.807) is 0 Å². The zero-order valence-corrected chi connectivity index (χ0v) is 16.7. The number of rotatable bonds is 5. The van der Waals surface area contributed by atoms with Gasteiger partial charge in [0.1, 0.15) is 0 Å². The monoisotopic (exact) mass is 396 g/mol. The molecule has 0 bridgehead atoms. The first-order chi connectivity index (χ1) is 14.8. The molecule has 1 aliphatic heterocycles. The Labute approximate surface area is 176 Å². The van der Waals surface area contributed by atoms with Gasteiger partial charge in [-0.1, -0.05) is 48.5 Å². The average Bonchev–Trinajstić information content (AvgIpc) is 3.13. The molecule has 1 N–H and O–H groups in total. The van der Waals surface area contributed by atoms with Crippen LogP contribution >= 0.6 is 0 Å². The molecule has 0 aliphatic carbocycles. The smallest absolute Gasteiger partial charge is 0.159 e. The van der Waals surface area contributed by atoms with Gasteiger partial charge in [0.05, 0.1) is 11.6 Å². The van der Waals surface area contributed by atoms with E-state index in [0.717, 1.165) is 42.0 Å². The highest BCUT2D eigenvalue weighted by Gasteiger charge is 2.31. The summed E-state index contributed by atoms with van der Waals surface area (Å²) in [6.45, 7) is 2.28. The number of aromatic nitrogens is 3. The van der Waals surface area contributed by atoms with Crippen LogP contribution in [-0.4, -0.2) is 44.2 Å². The van der Waals surface area contributed by atoms with E-state index in [9.17, 15) is 5.11 Å². The highest BCUT2D eigenvalue weighted by atomic mass is 16.3. The van der Waals surface area contributed by atoms with E-state index in [-0.39, 0.29) is 12.0 Å². The number of fused-ring (bicyclic) bond motifs is 1. The summed E-state index contributed by atoms with van der Waals surface area (Å²) in [5.74, 6) is 0.948. The molecule has 2 aromatic heterocycles. The van der Waals surface area contributed by atoms with Crippen molar-refractivity contribution in [3.63, 3.8) is 0 Å². The van der Waals surface area contributed by atoms with E-state index in [2.05, 4.69) is 32.0 Å². The van der Waals surface area contributed by atoms with Gasteiger partial charge in [0.25, 0.3) is 0 Å². The Hall–Kier alpha value is -3.15. The van der Waals surface area contributed by atoms with E-state index in [1.165, 1.54) is 10.9 Å². The fraction of sp³-hybridized carbons (Fsp3) is 0.240. The van der Waals surface area contributed by atoms with Crippen molar-refractivity contribution in [3.8, 4) is 11.4 Å². The highest BCUT2D eigenvalue weighted by Crippen LogP contribution is 2.26. The SMILES string of the molecule is O[C@H]1CN(Cc2cnc(-c3ccccc3)nc2)C[C@H]1Cc1ccnc2ccccc12. The molecular weight excluding hydrogens is 372 g/mol. The second kappa shape index (κ2) is 8.30. The molecule has 0 amide bonds. The second-order valence-electron chi connectivity index (χ2n) is 7.99. The summed E-state index contributed by atoms with van der Waals surface area (Å²) in [6.07, 6.45) is 6.17. The van der Waals surface area contributed by atoms with Crippen LogP contribution in [0.2, 0.25) is 0 Å². The average molecular weight is 396 g/mol. The highest BCUT2D eigenvalue weighted by molar-refractivity contribution is 5.81. The molecule has 2 atom stereocenters. The minimum atomic E-state index is -0.332. The second-order valence-corrected chi connectivity index (χ2v) is 7.99. The van der Waals surface area contributed by atoms with E-state index in [1.807, 2.05) is 67.1 Å². The maximum Gasteiger partial charge on any atom is 0.159 e. The lowest BCUT2D eigenvalue weighted by Gasteiger charge is -2.16. The van der Waals surface area contributed by atoms with Crippen molar-refractivity contribution in [2.24, 2.45) is 5.92 Å². The Bertz CT molecular complexity index is 1130. The van der Waals surface area contributed by atoms with Crippen LogP contribution in [0.5, 0.6) is 0 Å². The molecule has 5 nitrogen and oxygen atoms in total. The molecule has 1 aliphatic rings. The molecule has 2 aromatic carbocycles. The van der Waals surface area contributed by atoms with Gasteiger partial charge in [-0.15, -0.1) is 0 Å². The van der Waals surface area contributed by atoms with Crippen LogP contribution in [0.4, 0.5) is 0 Å². The normalized spacial score (nSPS) is 19.4. The molecule has 30 heavy (non-hydrogen) atoms. The van der Waals surface area contributed by atoms with E-state index >= 15 is 0 Å². The van der Waals surface area contributed by atoms with Gasteiger partial charge in [0, 0.05) is 60.7 Å². The predicted molar refractivity (Wildman–Crippen MR) is 118 cm³/mol. The van der Waals surface area contributed by atoms with Crippen LogP contribution in [0.25, 0.3) is 22.3 Å². The first-order valence-corrected chi connectivity index (χ1v) is 10.4. The van der Waals surface area contributed by atoms with Crippen LogP contribution in [-0.2, 0) is 13.0 Å². The number of para-hydroxylation sites is 1. The van der Waals surface area contributed by atoms with Gasteiger partial charge in [-0.2, -0.15) is 0 Å². The number of pyridine rings is 1. The molecule has 5 rings (SSSR count). The molecule has 0 saturated carbocycles. The van der Waals surface area contributed by atoms with Gasteiger partial charge in [0.2, 0.25) is 0 Å². The lowest BCUT2D eigenvalue weighted by Crippen LogP contribution is -2.21. The zero-order valence-electron chi connectivity index (χ0n) is 16.7. The van der Waals surface area contributed by atoms with Crippen LogP contribution in [0, 0.1) is 5.92 Å². The molecule has 0 unspecified atom stereocenters. The quantitative estimate of drug-likeness (QED) is 0.557. The minimum Gasteiger partial charge on any atom is -0.391 e. The summed E-state index contributed by atoms with van der Waals surface area (Å²) in [5.41, 5.74) is 4.35. The fourth-order valence-corrected chi connectivity index (χ4v) is 4.32. The van der Waals surface area contributed by atoms with Gasteiger partial charge in [0.15, 0.2) is 5.82 Å². The lowest BCUT2D eigenvalue weighted by molar-refractivity contribution is 0.141. The topological polar surface area (TPSA) is 62.1 Å². The lowest BCUT2D eigenvalue weighted by atomic mass is 9.94. The molecule has 0 spiro atoms. The number of aliphatic hydroxyl groups excluding tert-OH is 1. The maximum atomic E-state index is 10.7. The molecule has 0 radical (unpaired) electrons. The Balaban J connectivity index is 1.25. The number of β-amino-alcohol motifs (C(OH)–C–C–N with tert-alkyl or cyclic N) is 1. The largest absolute Gasteiger partial charge is 0.391 e. The fourth-order valence-electron chi connectivity index (χ4n) is 4.32. The van der Waals surface area contributed by atoms with Crippen molar-refractivity contribution < 1.29 is 5.11 Å². The zero-order chi connectivity index (χ0) is 20.3. The minimum absolute atomic E-state index is 0.209. The number of hydrogen-bond donors (Lipinski definition) is 1. The molecule has 1 saturated heterocycles. The molecule has 150 valence electrons. The summed E-state index contributed by atoms with van der Waals surface area (Å²) in [7, 11) is 0. The standard InChI is InChI=1S/C25H24N4O/c30-24-17-29(15-18-13-27-25(28-14-18)19-6-2-1-3-7-19)16-21(24)12-20-10-11-26-23-9-5-4-8-22(20)23/h1-11,13-14,21,24,30H,12,15-17H2/t21-,24+/m1/s1. The Morgan fingerprint density at radius 1 is 0.867 bits per heavy atom. The molecule has 1 fully saturated rings. The van der Waals surface area contributed by atoms with Gasteiger partial charge >= 0.3 is 0 Å². The first kappa shape index (κ1) is 18.9. The van der Waals surface area contributed by atoms with Crippen molar-refractivity contribution in [2.75, 3.05) is 13.1 Å². The number of hydrogen-bond acceptors (Lipinski definition) is 5. The molecule has 3 heterocycles. The Morgan fingerprint density at radius 2 is 1.63 bits per heavy atom. The van der Waals surface area contributed by atoms with Crippen LogP contribution in [0.15, 0.2) is 79.3 Å². The number of benzene rings is 2. The van der Waals surface area contributed by atoms with Crippen LogP contribution in [0.3, 0.4) is 0 Å². The van der Waals surface area contributed by atoms with E-state index in [0.29, 0.717) is 6.54 Å². The molecular formula is C25H24N4O. The van der Waals surface area contributed by atoms with E-state index < -0.39 is 0 Å². The summed E-state index contributed by atoms with van der Waals surface area (Å²) in [4.78, 5) is 15.8. The van der Waals surface area contributed by atoms with Crippen molar-refractivity contribution >= 4 is 10.9 Å². The van der Waals surface area contributed by atoms with Gasteiger partial charge in [-0.05, 0) is 24.1 Å². The third-order valence-corrected chi connectivity index (χ3v) is 5.85. The number of likely N-dealkylation sites (tertiary alicyclic amines) is 1. The summed E-state index contributed by atoms with van der Waals surface area (Å²) >= 11 is 0. The summed E-state index contributed by atoms with van der Waals surface area (Å²) < 4.78 is 0. The first-order valence-electron chi connectivity index (χ1n) is 10.4. The van der Waals surface area contributed by atoms with Crippen LogP contribution in [0.1, 0.15) is 11.1 Å². The van der Waals surface area contributed by atoms with E-state index in [4.69, 9.17) is 0 Å².